The molecule has 0 aromatic carbocycles. The lowest BCUT2D eigenvalue weighted by atomic mass is 10.4. The van der Waals surface area contributed by atoms with Crippen LogP contribution in [0.15, 0.2) is 26.7 Å². The fourth-order valence-electron chi connectivity index (χ4n) is 1.69. The highest BCUT2D eigenvalue weighted by Gasteiger charge is 2.26. The van der Waals surface area contributed by atoms with E-state index in [1.165, 1.54) is 6.07 Å². The van der Waals surface area contributed by atoms with Gasteiger partial charge in [0.15, 0.2) is 15.8 Å². The maximum Gasteiger partial charge on any atom is 0.390 e. The van der Waals surface area contributed by atoms with Crippen LogP contribution in [-0.4, -0.2) is 57.2 Å². The van der Waals surface area contributed by atoms with Crippen LogP contribution in [0.3, 0.4) is 0 Å². The molecule has 1 aromatic rings. The number of sulfone groups is 1. The topological polar surface area (TPSA) is 90.8 Å². The van der Waals surface area contributed by atoms with Crippen LogP contribution in [0.1, 0.15) is 13.3 Å². The molecule has 0 amide bonds. The number of alkyl halides is 3. The van der Waals surface area contributed by atoms with Crippen LogP contribution in [0, 0.1) is 0 Å². The van der Waals surface area contributed by atoms with Crippen LogP contribution < -0.4 is 10.6 Å². The molecule has 25 heavy (non-hydrogen) atoms. The summed E-state index contributed by atoms with van der Waals surface area (Å²) in [7, 11) is -3.60. The van der Waals surface area contributed by atoms with Crippen molar-refractivity contribution in [3.05, 3.63) is 17.5 Å². The van der Waals surface area contributed by atoms with E-state index in [1.807, 2.05) is 0 Å². The molecule has 0 aliphatic heterocycles. The van der Waals surface area contributed by atoms with E-state index < -0.39 is 34.3 Å². The third-order valence-corrected chi connectivity index (χ3v) is 6.00. The van der Waals surface area contributed by atoms with E-state index in [1.54, 1.807) is 18.4 Å². The monoisotopic (exact) mass is 515 g/mol. The smallest absolute Gasteiger partial charge is 0.390 e. The molecule has 1 heterocycles. The van der Waals surface area contributed by atoms with E-state index in [0.717, 1.165) is 11.3 Å². The number of nitrogens with one attached hydrogen (secondary N) is 2. The van der Waals surface area contributed by atoms with E-state index >= 15 is 0 Å². The number of aliphatic hydroxyl groups excluding tert-OH is 1. The Kier molecular flexibility index (Phi) is 10.9. The average molecular weight is 515 g/mol. The molecule has 1 unspecified atom stereocenters. The van der Waals surface area contributed by atoms with Crippen LogP contribution >= 0.6 is 35.3 Å². The van der Waals surface area contributed by atoms with Crippen molar-refractivity contribution in [2.24, 2.45) is 4.99 Å². The van der Waals surface area contributed by atoms with Crippen molar-refractivity contribution in [2.45, 2.75) is 29.8 Å². The molecule has 0 spiro atoms. The van der Waals surface area contributed by atoms with Gasteiger partial charge in [-0.2, -0.15) is 13.2 Å². The lowest BCUT2D eigenvalue weighted by molar-refractivity contribution is -0.132. The first-order valence-corrected chi connectivity index (χ1v) is 9.70. The summed E-state index contributed by atoms with van der Waals surface area (Å²) in [6, 6.07) is 3.04. The number of rotatable bonds is 8. The van der Waals surface area contributed by atoms with E-state index in [-0.39, 0.29) is 47.2 Å². The minimum absolute atomic E-state index is 0. The van der Waals surface area contributed by atoms with Gasteiger partial charge in [-0.1, -0.05) is 6.07 Å². The largest absolute Gasteiger partial charge is 0.390 e. The molecule has 3 N–H and O–H groups in total. The molecule has 1 aromatic heterocycles. The molecule has 0 aliphatic rings. The minimum atomic E-state index is -4.28. The van der Waals surface area contributed by atoms with Crippen molar-refractivity contribution in [2.75, 3.05) is 25.4 Å². The fraction of sp³-hybridized carbons (Fsp3) is 0.615. The maximum atomic E-state index is 12.1. The first kappa shape index (κ1) is 24.4. The van der Waals surface area contributed by atoms with Crippen molar-refractivity contribution >= 4 is 51.1 Å². The zero-order valence-corrected chi connectivity index (χ0v) is 17.4. The summed E-state index contributed by atoms with van der Waals surface area (Å²) in [6.45, 7) is 1.55. The van der Waals surface area contributed by atoms with E-state index in [2.05, 4.69) is 15.6 Å². The number of hydrogen-bond acceptors (Lipinski definition) is 5. The molecule has 0 radical (unpaired) electrons. The molecule has 12 heteroatoms. The predicted octanol–water partition coefficient (Wildman–Crippen LogP) is 2.01. The Hall–Kier alpha value is -0.600. The number of thiophene rings is 1. The van der Waals surface area contributed by atoms with Crippen molar-refractivity contribution in [1.82, 2.24) is 10.6 Å². The Labute approximate surface area is 165 Å². The molecule has 0 saturated carbocycles. The summed E-state index contributed by atoms with van der Waals surface area (Å²) in [5.74, 6) is -0.409. The lowest BCUT2D eigenvalue weighted by Gasteiger charge is -2.14. The van der Waals surface area contributed by atoms with E-state index in [9.17, 15) is 26.7 Å². The second-order valence-corrected chi connectivity index (χ2v) is 8.09. The average Bonchev–Trinajstić information content (AvgIpc) is 2.98. The van der Waals surface area contributed by atoms with E-state index in [0.29, 0.717) is 6.54 Å². The van der Waals surface area contributed by atoms with Crippen LogP contribution in [0.4, 0.5) is 13.2 Å². The number of nitrogens with zero attached hydrogens (tertiary/aromatic N) is 1. The number of guanidine groups is 1. The number of aliphatic hydroxyl groups is 1. The first-order chi connectivity index (χ1) is 11.1. The van der Waals surface area contributed by atoms with Gasteiger partial charge in [0, 0.05) is 13.1 Å². The van der Waals surface area contributed by atoms with Crippen LogP contribution in [-0.2, 0) is 9.84 Å². The van der Waals surface area contributed by atoms with Crippen molar-refractivity contribution in [3.8, 4) is 0 Å². The molecule has 6 nitrogen and oxygen atoms in total. The second kappa shape index (κ2) is 11.2. The van der Waals surface area contributed by atoms with Crippen LogP contribution in [0.5, 0.6) is 0 Å². The Morgan fingerprint density at radius 2 is 2.08 bits per heavy atom. The first-order valence-electron chi connectivity index (χ1n) is 7.17. The Balaban J connectivity index is 0.00000576. The highest BCUT2D eigenvalue weighted by Crippen LogP contribution is 2.19. The lowest BCUT2D eigenvalue weighted by Crippen LogP contribution is -2.39. The molecule has 1 rings (SSSR count). The summed E-state index contributed by atoms with van der Waals surface area (Å²) in [4.78, 5) is 3.91. The quantitative estimate of drug-likeness (QED) is 0.280. The Bertz CT molecular complexity index is 622. The maximum absolute atomic E-state index is 12.1. The van der Waals surface area contributed by atoms with Gasteiger partial charge in [-0.25, -0.2) is 8.42 Å². The van der Waals surface area contributed by atoms with Crippen molar-refractivity contribution < 1.29 is 26.7 Å². The zero-order chi connectivity index (χ0) is 18.2. The molecular formula is C13H21F3IN3O3S2. The highest BCUT2D eigenvalue weighted by atomic mass is 127. The molecular weight excluding hydrogens is 494 g/mol. The molecule has 0 fully saturated rings. The van der Waals surface area contributed by atoms with Gasteiger partial charge in [0.25, 0.3) is 0 Å². The summed E-state index contributed by atoms with van der Waals surface area (Å²) < 4.78 is 60.5. The third kappa shape index (κ3) is 10.2. The number of aliphatic imine (C=N–C) groups is 1. The summed E-state index contributed by atoms with van der Waals surface area (Å²) in [5, 5.41) is 16.7. The SMILES string of the molecule is CCNC(=NCC(O)CS(=O)(=O)c1cccs1)NCCC(F)(F)F.I. The van der Waals surface area contributed by atoms with Gasteiger partial charge in [-0.05, 0) is 18.4 Å². The number of hydrogen-bond donors (Lipinski definition) is 3. The van der Waals surface area contributed by atoms with Crippen molar-refractivity contribution in [3.63, 3.8) is 0 Å². The van der Waals surface area contributed by atoms with E-state index in [4.69, 9.17) is 0 Å². The molecule has 0 bridgehead atoms. The second-order valence-electron chi connectivity index (χ2n) is 4.88. The third-order valence-electron chi connectivity index (χ3n) is 2.72. The Morgan fingerprint density at radius 3 is 2.60 bits per heavy atom. The van der Waals surface area contributed by atoms with Crippen molar-refractivity contribution in [1.29, 1.82) is 0 Å². The molecule has 146 valence electrons. The normalized spacial score (nSPS) is 13.9. The van der Waals surface area contributed by atoms with Crippen LogP contribution in [0.2, 0.25) is 0 Å². The summed E-state index contributed by atoms with van der Waals surface area (Å²) in [6.07, 6.45) is -6.55. The fourth-order valence-corrected chi connectivity index (χ4v) is 4.16. The van der Waals surface area contributed by atoms with Gasteiger partial charge in [0.1, 0.15) is 4.21 Å². The molecule has 1 atom stereocenters. The predicted molar refractivity (Wildman–Crippen MR) is 102 cm³/mol. The minimum Gasteiger partial charge on any atom is -0.390 e. The summed E-state index contributed by atoms with van der Waals surface area (Å²) in [5.41, 5.74) is 0. The summed E-state index contributed by atoms with van der Waals surface area (Å²) >= 11 is 1.05. The molecule has 0 aliphatic carbocycles. The number of halogens is 4. The van der Waals surface area contributed by atoms with Gasteiger partial charge in [-0.3, -0.25) is 4.99 Å². The standard InChI is InChI=1S/C13H20F3N3O3S2.HI/c1-2-17-12(18-6-5-13(14,15)16)19-8-10(20)9-24(21,22)11-4-3-7-23-11;/h3-4,7,10,20H,2,5-6,8-9H2,1H3,(H2,17,18,19);1H. The zero-order valence-electron chi connectivity index (χ0n) is 13.4. The molecule has 0 saturated heterocycles. The van der Waals surface area contributed by atoms with Gasteiger partial charge >= 0.3 is 6.18 Å². The van der Waals surface area contributed by atoms with Gasteiger partial charge < -0.3 is 15.7 Å². The van der Waals surface area contributed by atoms with Gasteiger partial charge in [0.05, 0.1) is 24.8 Å². The highest BCUT2D eigenvalue weighted by molar-refractivity contribution is 14.0. The van der Waals surface area contributed by atoms with Gasteiger partial charge in [-0.15, -0.1) is 35.3 Å². The van der Waals surface area contributed by atoms with Crippen LogP contribution in [0.25, 0.3) is 0 Å². The van der Waals surface area contributed by atoms with Gasteiger partial charge in [0.2, 0.25) is 0 Å². The Morgan fingerprint density at radius 1 is 1.40 bits per heavy atom.